The Labute approximate surface area is 112 Å². The molecule has 20 heavy (non-hydrogen) atoms. The molecule has 2 nitrogen and oxygen atoms in total. The lowest BCUT2D eigenvalue weighted by Crippen LogP contribution is -2.16. The molecular formula is C15H10F3NO. The van der Waals surface area contributed by atoms with E-state index in [1.54, 1.807) is 6.07 Å². The van der Waals surface area contributed by atoms with Crippen LogP contribution in [0.15, 0.2) is 54.6 Å². The molecule has 0 unspecified atom stereocenters. The van der Waals surface area contributed by atoms with Gasteiger partial charge >= 0.3 is 6.36 Å². The van der Waals surface area contributed by atoms with Crippen molar-refractivity contribution in [3.05, 3.63) is 54.6 Å². The first kappa shape index (κ1) is 12.6. The zero-order valence-corrected chi connectivity index (χ0v) is 10.2. The Morgan fingerprint density at radius 2 is 1.65 bits per heavy atom. The summed E-state index contributed by atoms with van der Waals surface area (Å²) in [6.07, 6.45) is -4.68. The van der Waals surface area contributed by atoms with Gasteiger partial charge in [0, 0.05) is 22.7 Å². The predicted molar refractivity (Wildman–Crippen MR) is 70.4 cm³/mol. The maximum absolute atomic E-state index is 12.2. The molecule has 0 saturated heterocycles. The van der Waals surface area contributed by atoms with Gasteiger partial charge in [-0.1, -0.05) is 30.3 Å². The molecule has 0 saturated carbocycles. The number of hydrogen-bond donors (Lipinski definition) is 1. The molecule has 0 amide bonds. The Bertz CT molecular complexity index is 732. The SMILES string of the molecule is FC(F)(F)Oc1ccc2cc(-c3ccccc3)[nH]c2c1. The van der Waals surface area contributed by atoms with Crippen LogP contribution < -0.4 is 4.74 Å². The van der Waals surface area contributed by atoms with Crippen molar-refractivity contribution in [2.24, 2.45) is 0 Å². The molecule has 3 rings (SSSR count). The molecule has 2 aromatic carbocycles. The van der Waals surface area contributed by atoms with Gasteiger partial charge in [0.2, 0.25) is 0 Å². The number of alkyl halides is 3. The molecule has 1 N–H and O–H groups in total. The third-order valence-electron chi connectivity index (χ3n) is 2.91. The zero-order valence-electron chi connectivity index (χ0n) is 10.2. The molecule has 0 fully saturated rings. The van der Waals surface area contributed by atoms with Crippen LogP contribution in [0.25, 0.3) is 22.2 Å². The molecule has 0 aliphatic carbocycles. The van der Waals surface area contributed by atoms with Crippen molar-refractivity contribution in [3.8, 4) is 17.0 Å². The van der Waals surface area contributed by atoms with Crippen LogP contribution in [0.4, 0.5) is 13.2 Å². The van der Waals surface area contributed by atoms with Gasteiger partial charge in [-0.25, -0.2) is 0 Å². The molecule has 0 aliphatic rings. The van der Waals surface area contributed by atoms with Crippen LogP contribution in [0.2, 0.25) is 0 Å². The van der Waals surface area contributed by atoms with E-state index in [-0.39, 0.29) is 5.75 Å². The fourth-order valence-electron chi connectivity index (χ4n) is 2.08. The van der Waals surface area contributed by atoms with Crippen LogP contribution in [-0.2, 0) is 0 Å². The normalized spacial score (nSPS) is 11.8. The van der Waals surface area contributed by atoms with Crippen molar-refractivity contribution < 1.29 is 17.9 Å². The van der Waals surface area contributed by atoms with Gasteiger partial charge in [0.1, 0.15) is 5.75 Å². The highest BCUT2D eigenvalue weighted by Crippen LogP contribution is 2.29. The van der Waals surface area contributed by atoms with Crippen molar-refractivity contribution >= 4 is 10.9 Å². The van der Waals surface area contributed by atoms with E-state index in [0.717, 1.165) is 16.6 Å². The first-order chi connectivity index (χ1) is 9.51. The summed E-state index contributed by atoms with van der Waals surface area (Å²) >= 11 is 0. The Morgan fingerprint density at radius 1 is 0.900 bits per heavy atom. The summed E-state index contributed by atoms with van der Waals surface area (Å²) in [5, 5.41) is 0.832. The number of nitrogens with one attached hydrogen (secondary N) is 1. The Hall–Kier alpha value is -2.43. The van der Waals surface area contributed by atoms with Crippen molar-refractivity contribution in [1.82, 2.24) is 4.98 Å². The minimum Gasteiger partial charge on any atom is -0.406 e. The molecular weight excluding hydrogens is 267 g/mol. The number of hydrogen-bond acceptors (Lipinski definition) is 1. The average molecular weight is 277 g/mol. The fraction of sp³-hybridized carbons (Fsp3) is 0.0667. The van der Waals surface area contributed by atoms with E-state index in [1.807, 2.05) is 36.4 Å². The lowest BCUT2D eigenvalue weighted by molar-refractivity contribution is -0.274. The van der Waals surface area contributed by atoms with Crippen LogP contribution in [0.5, 0.6) is 5.75 Å². The van der Waals surface area contributed by atoms with Crippen molar-refractivity contribution in [3.63, 3.8) is 0 Å². The fourth-order valence-corrected chi connectivity index (χ4v) is 2.08. The van der Waals surface area contributed by atoms with E-state index in [4.69, 9.17) is 0 Å². The highest BCUT2D eigenvalue weighted by atomic mass is 19.4. The number of benzene rings is 2. The van der Waals surface area contributed by atoms with E-state index in [0.29, 0.717) is 5.52 Å². The van der Waals surface area contributed by atoms with Crippen LogP contribution in [0.1, 0.15) is 0 Å². The molecule has 1 heterocycles. The molecule has 1 aromatic heterocycles. The van der Waals surface area contributed by atoms with E-state index in [1.165, 1.54) is 12.1 Å². The average Bonchev–Trinajstić information content (AvgIpc) is 2.81. The van der Waals surface area contributed by atoms with Crippen LogP contribution in [0, 0.1) is 0 Å². The largest absolute Gasteiger partial charge is 0.573 e. The Balaban J connectivity index is 2.00. The van der Waals surface area contributed by atoms with Gasteiger partial charge in [-0.15, -0.1) is 13.2 Å². The molecule has 3 aromatic rings. The second kappa shape index (κ2) is 4.59. The molecule has 102 valence electrons. The number of fused-ring (bicyclic) bond motifs is 1. The van der Waals surface area contributed by atoms with Gasteiger partial charge in [-0.05, 0) is 23.8 Å². The Kier molecular flexibility index (Phi) is 2.89. The zero-order chi connectivity index (χ0) is 14.2. The second-order valence-electron chi connectivity index (χ2n) is 4.35. The van der Waals surface area contributed by atoms with Gasteiger partial charge < -0.3 is 9.72 Å². The van der Waals surface area contributed by atoms with Gasteiger partial charge in [0.05, 0.1) is 0 Å². The highest BCUT2D eigenvalue weighted by molar-refractivity contribution is 5.86. The molecule has 0 radical (unpaired) electrons. The first-order valence-corrected chi connectivity index (χ1v) is 5.95. The number of halogens is 3. The van der Waals surface area contributed by atoms with Crippen LogP contribution >= 0.6 is 0 Å². The summed E-state index contributed by atoms with van der Waals surface area (Å²) in [7, 11) is 0. The lowest BCUT2D eigenvalue weighted by atomic mass is 10.1. The molecule has 5 heteroatoms. The predicted octanol–water partition coefficient (Wildman–Crippen LogP) is 4.73. The third-order valence-corrected chi connectivity index (χ3v) is 2.91. The van der Waals surface area contributed by atoms with Crippen LogP contribution in [0.3, 0.4) is 0 Å². The van der Waals surface area contributed by atoms with E-state index < -0.39 is 6.36 Å². The number of aromatic nitrogens is 1. The van der Waals surface area contributed by atoms with Crippen molar-refractivity contribution in [2.75, 3.05) is 0 Å². The van der Waals surface area contributed by atoms with E-state index in [9.17, 15) is 13.2 Å². The quantitative estimate of drug-likeness (QED) is 0.719. The van der Waals surface area contributed by atoms with Crippen molar-refractivity contribution in [1.29, 1.82) is 0 Å². The number of ether oxygens (including phenoxy) is 1. The highest BCUT2D eigenvalue weighted by Gasteiger charge is 2.31. The first-order valence-electron chi connectivity index (χ1n) is 5.95. The maximum atomic E-state index is 12.2. The van der Waals surface area contributed by atoms with Gasteiger partial charge in [-0.2, -0.15) is 0 Å². The number of H-pyrrole nitrogens is 1. The summed E-state index contributed by atoms with van der Waals surface area (Å²) in [5.74, 6) is -0.230. The number of aromatic amines is 1. The van der Waals surface area contributed by atoms with Crippen molar-refractivity contribution in [2.45, 2.75) is 6.36 Å². The molecule has 0 atom stereocenters. The summed E-state index contributed by atoms with van der Waals surface area (Å²) in [5.41, 5.74) is 2.43. The maximum Gasteiger partial charge on any atom is 0.573 e. The Morgan fingerprint density at radius 3 is 2.35 bits per heavy atom. The van der Waals surface area contributed by atoms with Gasteiger partial charge in [0.25, 0.3) is 0 Å². The minimum atomic E-state index is -4.68. The van der Waals surface area contributed by atoms with E-state index in [2.05, 4.69) is 9.72 Å². The summed E-state index contributed by atoms with van der Waals surface area (Å²) in [6, 6.07) is 15.7. The van der Waals surface area contributed by atoms with E-state index >= 15 is 0 Å². The van der Waals surface area contributed by atoms with Gasteiger partial charge in [-0.3, -0.25) is 0 Å². The van der Waals surface area contributed by atoms with Gasteiger partial charge in [0.15, 0.2) is 0 Å². The summed E-state index contributed by atoms with van der Waals surface area (Å²) in [4.78, 5) is 3.09. The lowest BCUT2D eigenvalue weighted by Gasteiger charge is -2.08. The molecule has 0 bridgehead atoms. The second-order valence-corrected chi connectivity index (χ2v) is 4.35. The van der Waals surface area contributed by atoms with Crippen LogP contribution in [-0.4, -0.2) is 11.3 Å². The monoisotopic (exact) mass is 277 g/mol. The molecule has 0 spiro atoms. The summed E-state index contributed by atoms with van der Waals surface area (Å²) in [6.45, 7) is 0. The number of rotatable bonds is 2. The summed E-state index contributed by atoms with van der Waals surface area (Å²) < 4.78 is 40.4. The standard InChI is InChI=1S/C15H10F3NO/c16-15(17,18)20-12-7-6-11-8-13(19-14(11)9-12)10-4-2-1-3-5-10/h1-9,19H. The topological polar surface area (TPSA) is 25.0 Å². The molecule has 0 aliphatic heterocycles. The smallest absolute Gasteiger partial charge is 0.406 e. The minimum absolute atomic E-state index is 0.230. The third kappa shape index (κ3) is 2.61.